The number of phosphoric ester groups is 1. The first-order valence-corrected chi connectivity index (χ1v) is 18.0. The van der Waals surface area contributed by atoms with Crippen molar-refractivity contribution in [2.24, 2.45) is 0 Å². The van der Waals surface area contributed by atoms with Crippen LogP contribution in [-0.2, 0) is 34.0 Å². The van der Waals surface area contributed by atoms with Crippen LogP contribution in [0, 0.1) is 5.82 Å². The Balaban J connectivity index is 1.99. The molecule has 0 aliphatic carbocycles. The average molecular weight is 630 g/mol. The number of hydrogen-bond donors (Lipinski definition) is 3. The molecular weight excluding hydrogens is 579 g/mol. The monoisotopic (exact) mass is 629 g/mol. The van der Waals surface area contributed by atoms with Crippen LogP contribution in [0.25, 0.3) is 0 Å². The van der Waals surface area contributed by atoms with Gasteiger partial charge in [0, 0.05) is 19.4 Å². The third-order valence-corrected chi connectivity index (χ3v) is 9.13. The topological polar surface area (TPSA) is 172 Å². The number of unbranched alkanes of at least 4 members (excludes halogenated alkanes) is 13. The van der Waals surface area contributed by atoms with Crippen molar-refractivity contribution in [1.82, 2.24) is 9.55 Å². The van der Waals surface area contributed by atoms with Crippen LogP contribution in [0.3, 0.4) is 0 Å². The van der Waals surface area contributed by atoms with E-state index in [0.717, 1.165) is 23.6 Å². The van der Waals surface area contributed by atoms with Gasteiger partial charge in [-0.3, -0.25) is 13.7 Å². The normalized spacial score (nSPS) is 14.6. The van der Waals surface area contributed by atoms with Gasteiger partial charge in [0.2, 0.25) is 0 Å². The zero-order chi connectivity index (χ0) is 30.4. The van der Waals surface area contributed by atoms with E-state index >= 15 is 0 Å². The highest BCUT2D eigenvalue weighted by atomic mass is 31.3. The first kappa shape index (κ1) is 37.9. The third kappa shape index (κ3) is 20.4. The molecule has 0 aliphatic rings. The molecule has 240 valence electrons. The van der Waals surface area contributed by atoms with Crippen LogP contribution < -0.4 is 11.4 Å². The minimum atomic E-state index is -4.81. The van der Waals surface area contributed by atoms with E-state index in [1.807, 2.05) is 0 Å². The molecule has 0 spiro atoms. The van der Waals surface area contributed by atoms with E-state index in [4.69, 9.17) is 19.7 Å². The molecule has 0 aromatic carbocycles. The highest BCUT2D eigenvalue weighted by Gasteiger charge is 2.33. The van der Waals surface area contributed by atoms with Crippen molar-refractivity contribution in [2.45, 2.75) is 110 Å². The van der Waals surface area contributed by atoms with Crippen LogP contribution >= 0.6 is 15.4 Å². The highest BCUT2D eigenvalue weighted by molar-refractivity contribution is 7.63. The van der Waals surface area contributed by atoms with Gasteiger partial charge < -0.3 is 25.0 Å². The summed E-state index contributed by atoms with van der Waals surface area (Å²) in [6.07, 6.45) is 18.1. The minimum Gasteiger partial charge on any atom is -0.381 e. The molecule has 2 unspecified atom stereocenters. The van der Waals surface area contributed by atoms with Crippen molar-refractivity contribution in [2.75, 3.05) is 38.5 Å². The second-order valence-corrected chi connectivity index (χ2v) is 13.5. The molecule has 2 atom stereocenters. The van der Waals surface area contributed by atoms with Crippen molar-refractivity contribution in [3.8, 4) is 0 Å². The second-order valence-electron chi connectivity index (χ2n) is 10.1. The van der Waals surface area contributed by atoms with Crippen LogP contribution in [0.4, 0.5) is 10.2 Å². The molecule has 15 heteroatoms. The predicted molar refractivity (Wildman–Crippen MR) is 156 cm³/mol. The Hall–Kier alpha value is -1.17. The van der Waals surface area contributed by atoms with E-state index < -0.39 is 39.1 Å². The maximum Gasteiger partial charge on any atom is 0.479 e. The van der Waals surface area contributed by atoms with Crippen LogP contribution in [-0.4, -0.2) is 52.1 Å². The molecule has 41 heavy (non-hydrogen) atoms. The Morgan fingerprint density at radius 2 is 1.37 bits per heavy atom. The Morgan fingerprint density at radius 3 is 1.95 bits per heavy atom. The number of phosphoric acid groups is 1. The predicted octanol–water partition coefficient (Wildman–Crippen LogP) is 6.15. The van der Waals surface area contributed by atoms with E-state index in [1.54, 1.807) is 0 Å². The molecular formula is C26H50FN3O9P2. The van der Waals surface area contributed by atoms with Crippen LogP contribution in [0.2, 0.25) is 0 Å². The van der Waals surface area contributed by atoms with Crippen molar-refractivity contribution in [3.05, 3.63) is 22.5 Å². The fraction of sp³-hybridized carbons (Fsp3) is 0.846. The van der Waals surface area contributed by atoms with Gasteiger partial charge in [-0.25, -0.2) is 18.1 Å². The van der Waals surface area contributed by atoms with Crippen LogP contribution in [0.1, 0.15) is 103 Å². The molecule has 1 heterocycles. The lowest BCUT2D eigenvalue weighted by Crippen LogP contribution is -2.26. The number of nitrogens with two attached hydrogens (primary N) is 1. The van der Waals surface area contributed by atoms with Gasteiger partial charge in [-0.1, -0.05) is 90.4 Å². The molecule has 1 aromatic heterocycles. The Kier molecular flexibility index (Phi) is 20.7. The summed E-state index contributed by atoms with van der Waals surface area (Å²) in [5, 5.41) is 0. The van der Waals surface area contributed by atoms with Crippen molar-refractivity contribution in [3.63, 3.8) is 0 Å². The van der Waals surface area contributed by atoms with Crippen molar-refractivity contribution < 1.29 is 41.6 Å². The number of aromatic nitrogens is 2. The average Bonchev–Trinajstić information content (AvgIpc) is 2.90. The molecule has 0 saturated heterocycles. The number of anilines is 1. The molecule has 0 aliphatic heterocycles. The molecule has 4 N–H and O–H groups in total. The van der Waals surface area contributed by atoms with E-state index in [1.165, 1.54) is 77.0 Å². The molecule has 0 radical (unpaired) electrons. The number of ether oxygens (including phenoxy) is 2. The van der Waals surface area contributed by atoms with Crippen molar-refractivity contribution in [1.29, 1.82) is 0 Å². The van der Waals surface area contributed by atoms with E-state index in [2.05, 4.69) is 16.2 Å². The Labute approximate surface area is 243 Å². The summed E-state index contributed by atoms with van der Waals surface area (Å²) in [4.78, 5) is 34.3. The highest BCUT2D eigenvalue weighted by Crippen LogP contribution is 2.59. The summed E-state index contributed by atoms with van der Waals surface area (Å²) in [5.74, 6) is -1.45. The van der Waals surface area contributed by atoms with Gasteiger partial charge in [0.05, 0.1) is 19.8 Å². The Morgan fingerprint density at radius 1 is 0.829 bits per heavy atom. The van der Waals surface area contributed by atoms with Gasteiger partial charge in [0.1, 0.15) is 6.35 Å². The van der Waals surface area contributed by atoms with Crippen molar-refractivity contribution >= 4 is 21.2 Å². The second kappa shape index (κ2) is 22.4. The van der Waals surface area contributed by atoms with Gasteiger partial charge in [0.25, 0.3) is 0 Å². The zero-order valence-corrected chi connectivity index (χ0v) is 26.2. The smallest absolute Gasteiger partial charge is 0.381 e. The summed E-state index contributed by atoms with van der Waals surface area (Å²) in [6, 6.07) is 0. The van der Waals surface area contributed by atoms with Gasteiger partial charge >= 0.3 is 21.1 Å². The fourth-order valence-electron chi connectivity index (χ4n) is 4.03. The molecule has 0 saturated carbocycles. The maximum atomic E-state index is 13.4. The zero-order valence-electron chi connectivity index (χ0n) is 24.4. The number of nitrogen functional groups attached to an aromatic ring is 1. The summed E-state index contributed by atoms with van der Waals surface area (Å²) in [7, 11) is -9.46. The van der Waals surface area contributed by atoms with Gasteiger partial charge in [-0.15, -0.1) is 0 Å². The fourth-order valence-corrected chi connectivity index (χ4v) is 6.42. The van der Waals surface area contributed by atoms with Crippen LogP contribution in [0.5, 0.6) is 0 Å². The van der Waals surface area contributed by atoms with Gasteiger partial charge in [-0.2, -0.15) is 4.98 Å². The van der Waals surface area contributed by atoms with E-state index in [0.29, 0.717) is 19.6 Å². The quantitative estimate of drug-likeness (QED) is 0.0753. The summed E-state index contributed by atoms with van der Waals surface area (Å²) in [6.45, 7) is 2.46. The molecule has 12 nitrogen and oxygen atoms in total. The van der Waals surface area contributed by atoms with Crippen LogP contribution in [0.15, 0.2) is 11.0 Å². The summed E-state index contributed by atoms with van der Waals surface area (Å²) in [5.41, 5.74) is 4.36. The molecule has 0 fully saturated rings. The lowest BCUT2D eigenvalue weighted by Gasteiger charge is -2.16. The maximum absolute atomic E-state index is 13.4. The largest absolute Gasteiger partial charge is 0.479 e. The van der Waals surface area contributed by atoms with E-state index in [-0.39, 0.29) is 19.8 Å². The number of rotatable bonds is 27. The number of halogens is 1. The lowest BCUT2D eigenvalue weighted by molar-refractivity contribution is 0.107. The first-order valence-electron chi connectivity index (χ1n) is 14.7. The first-order chi connectivity index (χ1) is 19.6. The summed E-state index contributed by atoms with van der Waals surface area (Å²) >= 11 is 0. The summed E-state index contributed by atoms with van der Waals surface area (Å²) < 4.78 is 57.7. The van der Waals surface area contributed by atoms with E-state index in [9.17, 15) is 28.1 Å². The molecule has 1 aromatic rings. The Bertz CT molecular complexity index is 984. The molecule has 0 bridgehead atoms. The minimum absolute atomic E-state index is 0.199. The standard InChI is InChI=1S/C26H50FN3O9P2/c1-2-3-4-5-6-7-8-9-10-11-12-13-14-15-18-36-19-16-20-38-41(34,35)39-40(32,33)23-37-21-17-30-22-24(27)25(28)29-26(30)31/h22H,2-21,23H2,1H3,(H,32,33)(H,34,35)(H2,28,29,31). The SMILES string of the molecule is CCCCCCCCCCCCCCCCOCCCOP(=O)(O)OP(=O)(O)COCCn1cc(F)c(N)nc1=O. The lowest BCUT2D eigenvalue weighted by atomic mass is 10.0. The van der Waals surface area contributed by atoms with Gasteiger partial charge in [-0.05, 0) is 12.8 Å². The molecule has 1 rings (SSSR count). The number of nitrogens with zero attached hydrogens (tertiary/aromatic N) is 2. The van der Waals surface area contributed by atoms with Gasteiger partial charge in [0.15, 0.2) is 11.6 Å². The molecule has 0 amide bonds. The number of hydrogen-bond acceptors (Lipinski definition) is 9. The third-order valence-electron chi connectivity index (χ3n) is 6.27.